The Morgan fingerprint density at radius 2 is 2.08 bits per heavy atom. The minimum absolute atomic E-state index is 0. The van der Waals surface area contributed by atoms with Gasteiger partial charge in [0.05, 0.1) is 0 Å². The second kappa shape index (κ2) is 5.35. The van der Waals surface area contributed by atoms with E-state index in [-0.39, 0.29) is 57.9 Å². The smallest absolute Gasteiger partial charge is 0.445 e. The molecule has 0 radical (unpaired) electrons. The predicted molar refractivity (Wildman–Crippen MR) is 40.4 cm³/mol. The molecular weight excluding hydrogens is 207 g/mol. The molecule has 0 aliphatic rings. The van der Waals surface area contributed by atoms with Crippen LogP contribution >= 0.6 is 0 Å². The first kappa shape index (κ1) is 13.4. The average molecular weight is 214 g/mol. The van der Waals surface area contributed by atoms with Gasteiger partial charge < -0.3 is 12.9 Å². The summed E-state index contributed by atoms with van der Waals surface area (Å²) in [7, 11) is 0. The summed E-state index contributed by atoms with van der Waals surface area (Å²) in [6, 6.07) is 1.57. The number of hydrogen-bond donors (Lipinski definition) is 0. The van der Waals surface area contributed by atoms with Gasteiger partial charge in [0.1, 0.15) is 0 Å². The number of halogens is 3. The summed E-state index contributed by atoms with van der Waals surface area (Å²) in [6.07, 6.45) is 2.89. The first-order valence-electron chi connectivity index (χ1n) is 3.35. The summed E-state index contributed by atoms with van der Waals surface area (Å²) >= 11 is 0. The zero-order valence-corrected chi connectivity index (χ0v) is 10.4. The molecule has 0 atom stereocenters. The van der Waals surface area contributed by atoms with Crippen LogP contribution in [-0.4, -0.2) is 16.8 Å². The van der Waals surface area contributed by atoms with Crippen LogP contribution in [0.5, 0.6) is 0 Å². The van der Waals surface area contributed by atoms with Gasteiger partial charge in [-0.3, -0.25) is 4.68 Å². The van der Waals surface area contributed by atoms with Crippen molar-refractivity contribution >= 4 is 6.98 Å². The third-order valence-electron chi connectivity index (χ3n) is 1.39. The Kier molecular flexibility index (Phi) is 5.54. The fourth-order valence-corrected chi connectivity index (χ4v) is 0.706. The van der Waals surface area contributed by atoms with E-state index in [2.05, 4.69) is 11.7 Å². The fourth-order valence-electron chi connectivity index (χ4n) is 0.706. The standard InChI is InChI=1S/C6H7BF3N2.K/c1-6(7(8,9)10)5-12-4-2-3-11-12;/h2-4H,1,5H2;/q-1;+1. The molecule has 0 unspecified atom stereocenters. The molecule has 0 aliphatic heterocycles. The van der Waals surface area contributed by atoms with Gasteiger partial charge in [0.25, 0.3) is 0 Å². The van der Waals surface area contributed by atoms with Crippen molar-refractivity contribution in [2.45, 2.75) is 6.54 Å². The molecule has 7 heteroatoms. The van der Waals surface area contributed by atoms with Crippen LogP contribution in [0.15, 0.2) is 30.5 Å². The molecule has 0 saturated carbocycles. The SMILES string of the molecule is C=C(Cn1cccn1)[B-](F)(F)F.[K+]. The molecule has 0 aromatic carbocycles. The van der Waals surface area contributed by atoms with E-state index < -0.39 is 12.4 Å². The molecule has 0 N–H and O–H groups in total. The Morgan fingerprint density at radius 3 is 2.46 bits per heavy atom. The van der Waals surface area contributed by atoms with Gasteiger partial charge in [-0.1, -0.05) is 0 Å². The van der Waals surface area contributed by atoms with Crippen molar-refractivity contribution < 1.29 is 64.3 Å². The van der Waals surface area contributed by atoms with Crippen molar-refractivity contribution in [3.8, 4) is 0 Å². The van der Waals surface area contributed by atoms with Crippen LogP contribution in [0.2, 0.25) is 0 Å². The molecule has 1 heterocycles. The minimum Gasteiger partial charge on any atom is -0.445 e. The first-order valence-corrected chi connectivity index (χ1v) is 3.35. The van der Waals surface area contributed by atoms with Gasteiger partial charge in [-0.05, 0) is 6.07 Å². The van der Waals surface area contributed by atoms with E-state index in [1.165, 1.54) is 17.1 Å². The molecule has 1 rings (SSSR count). The van der Waals surface area contributed by atoms with Crippen LogP contribution in [0.1, 0.15) is 0 Å². The summed E-state index contributed by atoms with van der Waals surface area (Å²) < 4.78 is 37.1. The monoisotopic (exact) mass is 214 g/mol. The van der Waals surface area contributed by atoms with E-state index in [4.69, 9.17) is 0 Å². The number of allylic oxidation sites excluding steroid dienone is 1. The Labute approximate surface area is 117 Å². The van der Waals surface area contributed by atoms with Gasteiger partial charge >= 0.3 is 58.4 Å². The third-order valence-corrected chi connectivity index (χ3v) is 1.39. The Balaban J connectivity index is 0.00000144. The van der Waals surface area contributed by atoms with Crippen molar-refractivity contribution in [1.29, 1.82) is 0 Å². The molecule has 1 aromatic rings. The Morgan fingerprint density at radius 1 is 1.46 bits per heavy atom. The summed E-state index contributed by atoms with van der Waals surface area (Å²) in [5.74, 6) is 0. The normalized spacial score (nSPS) is 10.7. The topological polar surface area (TPSA) is 17.8 Å². The Hall–Kier alpha value is 0.441. The van der Waals surface area contributed by atoms with E-state index in [1.54, 1.807) is 6.07 Å². The van der Waals surface area contributed by atoms with Crippen LogP contribution in [-0.2, 0) is 6.54 Å². The molecule has 2 nitrogen and oxygen atoms in total. The van der Waals surface area contributed by atoms with Gasteiger partial charge in [-0.2, -0.15) is 5.10 Å². The maximum Gasteiger partial charge on any atom is 1.00 e. The van der Waals surface area contributed by atoms with Gasteiger partial charge in [-0.25, -0.2) is 0 Å². The van der Waals surface area contributed by atoms with E-state index in [9.17, 15) is 12.9 Å². The van der Waals surface area contributed by atoms with Crippen LogP contribution in [0.25, 0.3) is 0 Å². The van der Waals surface area contributed by atoms with E-state index in [1.807, 2.05) is 0 Å². The first-order chi connectivity index (χ1) is 5.50. The van der Waals surface area contributed by atoms with Crippen LogP contribution in [0, 0.1) is 0 Å². The van der Waals surface area contributed by atoms with Gasteiger partial charge in [0.15, 0.2) is 0 Å². The van der Waals surface area contributed by atoms with E-state index in [0.717, 1.165) is 0 Å². The zero-order valence-electron chi connectivity index (χ0n) is 7.25. The summed E-state index contributed by atoms with van der Waals surface area (Å²) in [5, 5.41) is 3.64. The maximum absolute atomic E-state index is 12.0. The number of aromatic nitrogens is 2. The van der Waals surface area contributed by atoms with Gasteiger partial charge in [-0.15, -0.1) is 12.1 Å². The molecule has 66 valence electrons. The molecule has 0 fully saturated rings. The molecule has 13 heavy (non-hydrogen) atoms. The van der Waals surface area contributed by atoms with Gasteiger partial charge in [0, 0.05) is 18.9 Å². The molecule has 0 spiro atoms. The van der Waals surface area contributed by atoms with Crippen molar-refractivity contribution in [2.24, 2.45) is 0 Å². The van der Waals surface area contributed by atoms with Gasteiger partial charge in [0.2, 0.25) is 0 Å². The number of nitrogens with zero attached hydrogens (tertiary/aromatic N) is 2. The van der Waals surface area contributed by atoms with Crippen LogP contribution in [0.3, 0.4) is 0 Å². The van der Waals surface area contributed by atoms with Crippen LogP contribution in [0.4, 0.5) is 12.9 Å². The minimum atomic E-state index is -4.93. The molecule has 0 amide bonds. The van der Waals surface area contributed by atoms with E-state index in [0.29, 0.717) is 0 Å². The summed E-state index contributed by atoms with van der Waals surface area (Å²) in [6.45, 7) is -2.27. The van der Waals surface area contributed by atoms with Crippen molar-refractivity contribution in [3.63, 3.8) is 0 Å². The maximum atomic E-state index is 12.0. The zero-order chi connectivity index (χ0) is 9.19. The quantitative estimate of drug-likeness (QED) is 0.580. The number of rotatable bonds is 3. The largest absolute Gasteiger partial charge is 1.00 e. The molecule has 1 aromatic heterocycles. The summed E-state index contributed by atoms with van der Waals surface area (Å²) in [5.41, 5.74) is -0.737. The Bertz CT molecular complexity index is 270. The second-order valence-electron chi connectivity index (χ2n) is 2.44. The van der Waals surface area contributed by atoms with Crippen molar-refractivity contribution in [1.82, 2.24) is 9.78 Å². The van der Waals surface area contributed by atoms with Crippen molar-refractivity contribution in [2.75, 3.05) is 0 Å². The predicted octanol–water partition coefficient (Wildman–Crippen LogP) is -1.17. The molecule has 0 aliphatic carbocycles. The third kappa shape index (κ3) is 4.46. The van der Waals surface area contributed by atoms with Crippen molar-refractivity contribution in [3.05, 3.63) is 30.5 Å². The average Bonchev–Trinajstić information content (AvgIpc) is 2.37. The molecule has 0 saturated heterocycles. The summed E-state index contributed by atoms with van der Waals surface area (Å²) in [4.78, 5) is 0. The second-order valence-corrected chi connectivity index (χ2v) is 2.44. The van der Waals surface area contributed by atoms with Crippen LogP contribution < -0.4 is 51.4 Å². The molecule has 0 bridgehead atoms. The van der Waals surface area contributed by atoms with E-state index >= 15 is 0 Å². The molecular formula is C6H7BF3KN2. The fraction of sp³-hybridized carbons (Fsp3) is 0.167. The number of hydrogen-bond acceptors (Lipinski definition) is 1.